The van der Waals surface area contributed by atoms with E-state index in [2.05, 4.69) is 12.2 Å². The highest BCUT2D eigenvalue weighted by Crippen LogP contribution is 2.30. The summed E-state index contributed by atoms with van der Waals surface area (Å²) in [7, 11) is 0. The molecule has 1 amide bonds. The maximum Gasteiger partial charge on any atom is 0.240 e. The Kier molecular flexibility index (Phi) is 7.70. The van der Waals surface area contributed by atoms with Crippen LogP contribution in [0, 0.1) is 0 Å². The van der Waals surface area contributed by atoms with Crippen molar-refractivity contribution in [1.29, 1.82) is 0 Å². The number of amides is 1. The molecule has 5 heteroatoms. The molecule has 2 aliphatic carbocycles. The SMILES string of the molecule is CCSC1CCCC(NC(=O)C2(N)CCCCC2)C1.Cl. The fraction of sp³-hybridized carbons (Fsp3) is 0.933. The van der Waals surface area contributed by atoms with Crippen LogP contribution >= 0.6 is 24.2 Å². The van der Waals surface area contributed by atoms with Crippen molar-refractivity contribution in [3.8, 4) is 0 Å². The molecule has 0 aliphatic heterocycles. The number of rotatable bonds is 4. The summed E-state index contributed by atoms with van der Waals surface area (Å²) >= 11 is 2.04. The van der Waals surface area contributed by atoms with Crippen molar-refractivity contribution in [2.75, 3.05) is 5.75 Å². The molecule has 0 heterocycles. The maximum absolute atomic E-state index is 12.4. The maximum atomic E-state index is 12.4. The molecule has 0 spiro atoms. The van der Waals surface area contributed by atoms with Gasteiger partial charge in [0.2, 0.25) is 5.91 Å². The first-order valence-corrected chi connectivity index (χ1v) is 8.90. The van der Waals surface area contributed by atoms with Crippen LogP contribution in [0.1, 0.15) is 64.7 Å². The van der Waals surface area contributed by atoms with Crippen LogP contribution in [0.25, 0.3) is 0 Å². The van der Waals surface area contributed by atoms with Crippen molar-refractivity contribution in [1.82, 2.24) is 5.32 Å². The molecule has 0 saturated heterocycles. The smallest absolute Gasteiger partial charge is 0.240 e. The van der Waals surface area contributed by atoms with Crippen LogP contribution in [0.15, 0.2) is 0 Å². The molecule has 2 atom stereocenters. The van der Waals surface area contributed by atoms with Crippen LogP contribution in [-0.4, -0.2) is 28.5 Å². The third-order valence-electron chi connectivity index (χ3n) is 4.56. The first-order chi connectivity index (χ1) is 9.14. The third kappa shape index (κ3) is 4.81. The molecule has 2 aliphatic rings. The molecule has 0 aromatic carbocycles. The molecule has 3 nitrogen and oxygen atoms in total. The largest absolute Gasteiger partial charge is 0.352 e. The first-order valence-electron chi connectivity index (χ1n) is 7.85. The van der Waals surface area contributed by atoms with E-state index in [1.807, 2.05) is 11.8 Å². The normalized spacial score (nSPS) is 29.3. The minimum absolute atomic E-state index is 0. The van der Waals surface area contributed by atoms with Gasteiger partial charge >= 0.3 is 0 Å². The van der Waals surface area contributed by atoms with Gasteiger partial charge in [0.25, 0.3) is 0 Å². The zero-order chi connectivity index (χ0) is 13.7. The minimum Gasteiger partial charge on any atom is -0.352 e. The number of nitrogens with one attached hydrogen (secondary N) is 1. The van der Waals surface area contributed by atoms with Crippen molar-refractivity contribution in [2.24, 2.45) is 5.73 Å². The highest BCUT2D eigenvalue weighted by atomic mass is 35.5. The van der Waals surface area contributed by atoms with Gasteiger partial charge in [-0.05, 0) is 37.9 Å². The van der Waals surface area contributed by atoms with Gasteiger partial charge < -0.3 is 11.1 Å². The summed E-state index contributed by atoms with van der Waals surface area (Å²) in [6, 6.07) is 0.354. The molecule has 3 N–H and O–H groups in total. The van der Waals surface area contributed by atoms with Gasteiger partial charge in [-0.15, -0.1) is 12.4 Å². The first kappa shape index (κ1) is 18.1. The van der Waals surface area contributed by atoms with Gasteiger partial charge in [0, 0.05) is 11.3 Å². The Morgan fingerprint density at radius 1 is 1.25 bits per heavy atom. The molecule has 2 fully saturated rings. The van der Waals surface area contributed by atoms with E-state index in [0.717, 1.165) is 43.8 Å². The summed E-state index contributed by atoms with van der Waals surface area (Å²) in [6.45, 7) is 2.21. The lowest BCUT2D eigenvalue weighted by Crippen LogP contribution is -2.57. The lowest BCUT2D eigenvalue weighted by atomic mass is 9.81. The predicted molar refractivity (Wildman–Crippen MR) is 89.6 cm³/mol. The van der Waals surface area contributed by atoms with E-state index < -0.39 is 5.54 Å². The topological polar surface area (TPSA) is 55.1 Å². The van der Waals surface area contributed by atoms with Crippen LogP contribution in [-0.2, 0) is 4.79 Å². The Morgan fingerprint density at radius 3 is 2.60 bits per heavy atom. The lowest BCUT2D eigenvalue weighted by Gasteiger charge is -2.35. The number of hydrogen-bond donors (Lipinski definition) is 2. The molecule has 0 aromatic heterocycles. The monoisotopic (exact) mass is 320 g/mol. The van der Waals surface area contributed by atoms with Crippen LogP contribution in [0.2, 0.25) is 0 Å². The number of thioether (sulfide) groups is 1. The highest BCUT2D eigenvalue weighted by molar-refractivity contribution is 7.99. The van der Waals surface area contributed by atoms with Crippen LogP contribution in [0.3, 0.4) is 0 Å². The van der Waals surface area contributed by atoms with Crippen LogP contribution in [0.5, 0.6) is 0 Å². The summed E-state index contributed by atoms with van der Waals surface area (Å²) in [5.74, 6) is 1.28. The van der Waals surface area contributed by atoms with Crippen molar-refractivity contribution in [3.05, 3.63) is 0 Å². The summed E-state index contributed by atoms with van der Waals surface area (Å²) in [4.78, 5) is 12.4. The van der Waals surface area contributed by atoms with E-state index in [1.54, 1.807) is 0 Å². The van der Waals surface area contributed by atoms with Gasteiger partial charge in [0.15, 0.2) is 0 Å². The van der Waals surface area contributed by atoms with Gasteiger partial charge in [0.1, 0.15) is 0 Å². The summed E-state index contributed by atoms with van der Waals surface area (Å²) in [5, 5.41) is 3.97. The second kappa shape index (κ2) is 8.50. The molecule has 0 bridgehead atoms. The molecular weight excluding hydrogens is 292 g/mol. The quantitative estimate of drug-likeness (QED) is 0.836. The molecular formula is C15H29ClN2OS. The van der Waals surface area contributed by atoms with E-state index in [4.69, 9.17) is 5.73 Å². The Balaban J connectivity index is 0.00000200. The molecule has 20 heavy (non-hydrogen) atoms. The van der Waals surface area contributed by atoms with Gasteiger partial charge in [-0.1, -0.05) is 32.6 Å². The van der Waals surface area contributed by atoms with E-state index >= 15 is 0 Å². The number of carbonyl (C=O) groups excluding carboxylic acids is 1. The van der Waals surface area contributed by atoms with Crippen molar-refractivity contribution in [3.63, 3.8) is 0 Å². The molecule has 118 valence electrons. The van der Waals surface area contributed by atoms with Gasteiger partial charge in [-0.25, -0.2) is 0 Å². The average molecular weight is 321 g/mol. The molecule has 2 unspecified atom stereocenters. The Bertz CT molecular complexity index is 306. The van der Waals surface area contributed by atoms with E-state index in [1.165, 1.54) is 25.0 Å². The van der Waals surface area contributed by atoms with E-state index in [0.29, 0.717) is 6.04 Å². The van der Waals surface area contributed by atoms with Crippen LogP contribution < -0.4 is 11.1 Å². The third-order valence-corrected chi connectivity index (χ3v) is 5.79. The lowest BCUT2D eigenvalue weighted by molar-refractivity contribution is -0.128. The molecule has 2 saturated carbocycles. The van der Waals surface area contributed by atoms with Crippen molar-refractivity contribution < 1.29 is 4.79 Å². The summed E-state index contributed by atoms with van der Waals surface area (Å²) in [6.07, 6.45) is 9.94. The van der Waals surface area contributed by atoms with Gasteiger partial charge in [0.05, 0.1) is 5.54 Å². The summed E-state index contributed by atoms with van der Waals surface area (Å²) in [5.41, 5.74) is 5.72. The van der Waals surface area contributed by atoms with Crippen molar-refractivity contribution >= 4 is 30.1 Å². The fourth-order valence-corrected chi connectivity index (χ4v) is 4.58. The number of carbonyl (C=O) groups is 1. The van der Waals surface area contributed by atoms with Gasteiger partial charge in [-0.2, -0.15) is 11.8 Å². The molecule has 0 aromatic rings. The molecule has 2 rings (SSSR count). The number of nitrogens with two attached hydrogens (primary N) is 1. The zero-order valence-electron chi connectivity index (χ0n) is 12.5. The standard InChI is InChI=1S/C15H28N2OS.ClH/c1-2-19-13-8-6-7-12(11-13)17-14(18)15(16)9-4-3-5-10-15;/h12-13H,2-11,16H2,1H3,(H,17,18);1H. The average Bonchev–Trinajstić information content (AvgIpc) is 2.40. The van der Waals surface area contributed by atoms with E-state index in [9.17, 15) is 4.79 Å². The second-order valence-corrected chi connectivity index (χ2v) is 7.71. The van der Waals surface area contributed by atoms with E-state index in [-0.39, 0.29) is 18.3 Å². The Morgan fingerprint density at radius 2 is 1.95 bits per heavy atom. The van der Waals surface area contributed by atoms with Crippen LogP contribution in [0.4, 0.5) is 0 Å². The number of halogens is 1. The highest BCUT2D eigenvalue weighted by Gasteiger charge is 2.36. The van der Waals surface area contributed by atoms with Crippen molar-refractivity contribution in [2.45, 2.75) is 81.5 Å². The van der Waals surface area contributed by atoms with Gasteiger partial charge in [-0.3, -0.25) is 4.79 Å². The second-order valence-electron chi connectivity index (χ2n) is 6.13. The number of hydrogen-bond acceptors (Lipinski definition) is 3. The summed E-state index contributed by atoms with van der Waals surface area (Å²) < 4.78 is 0. The minimum atomic E-state index is -0.580. The Labute approximate surface area is 133 Å². The molecule has 0 radical (unpaired) electrons. The fourth-order valence-electron chi connectivity index (χ4n) is 3.40. The predicted octanol–water partition coefficient (Wildman–Crippen LogP) is 3.25. The zero-order valence-corrected chi connectivity index (χ0v) is 14.2. The Hall–Kier alpha value is 0.0700.